The Labute approximate surface area is 144 Å². The number of halogens is 6. The number of methoxy groups -OCH3 is 1. The van der Waals surface area contributed by atoms with Crippen molar-refractivity contribution in [1.29, 1.82) is 0 Å². The van der Waals surface area contributed by atoms with Crippen molar-refractivity contribution in [1.82, 2.24) is 9.13 Å². The van der Waals surface area contributed by atoms with Crippen molar-refractivity contribution in [3.8, 4) is 5.69 Å². The zero-order chi connectivity index (χ0) is 18.2. The Morgan fingerprint density at radius 2 is 1.67 bits per heavy atom. The van der Waals surface area contributed by atoms with E-state index in [9.17, 15) is 31.5 Å². The molecule has 5 nitrogen and oxygen atoms in total. The maximum Gasteiger partial charge on any atom is 0.431 e. The number of rotatable bonds is 3. The third-order valence-corrected chi connectivity index (χ3v) is 4.00. The molecular weight excluding hydrogens is 454 g/mol. The maximum atomic E-state index is 13.6. The largest absolute Gasteiger partial charge is 0.431 e. The number of hydrogen-bond acceptors (Lipinski definition) is 3. The van der Waals surface area contributed by atoms with Crippen LogP contribution in [0.3, 0.4) is 0 Å². The van der Waals surface area contributed by atoms with Crippen molar-refractivity contribution in [3.05, 3.63) is 59.9 Å². The lowest BCUT2D eigenvalue weighted by molar-refractivity contribution is -0.146. The summed E-state index contributed by atoms with van der Waals surface area (Å²) in [6.45, 7) is -0.802. The second-order valence-electron chi connectivity index (χ2n) is 4.55. The first kappa shape index (κ1) is 18.6. The number of benzene rings is 1. The minimum atomic E-state index is -4.99. The van der Waals surface area contributed by atoms with Gasteiger partial charge >= 0.3 is 11.9 Å². The van der Waals surface area contributed by atoms with E-state index in [1.807, 2.05) is 0 Å². The molecule has 0 saturated heterocycles. The van der Waals surface area contributed by atoms with Crippen LogP contribution in [-0.4, -0.2) is 16.2 Å². The molecule has 0 unspecified atom stereocenters. The van der Waals surface area contributed by atoms with Crippen LogP contribution < -0.4 is 11.2 Å². The third kappa shape index (κ3) is 3.36. The van der Waals surface area contributed by atoms with Gasteiger partial charge in [-0.2, -0.15) is 13.2 Å². The highest BCUT2D eigenvalue weighted by molar-refractivity contribution is 14.1. The van der Waals surface area contributed by atoms with Crippen molar-refractivity contribution in [2.24, 2.45) is 0 Å². The van der Waals surface area contributed by atoms with Gasteiger partial charge in [0.1, 0.15) is 24.1 Å². The van der Waals surface area contributed by atoms with E-state index in [1.165, 1.54) is 22.6 Å². The highest BCUT2D eigenvalue weighted by atomic mass is 127. The van der Waals surface area contributed by atoms with Gasteiger partial charge in [-0.05, 0) is 34.7 Å². The van der Waals surface area contributed by atoms with Crippen molar-refractivity contribution < 1.29 is 26.7 Å². The van der Waals surface area contributed by atoms with Crippen molar-refractivity contribution in [2.75, 3.05) is 7.11 Å². The van der Waals surface area contributed by atoms with Crippen molar-refractivity contribution in [3.63, 3.8) is 0 Å². The average Bonchev–Trinajstić information content (AvgIpc) is 2.46. The molecule has 24 heavy (non-hydrogen) atoms. The summed E-state index contributed by atoms with van der Waals surface area (Å²) in [7, 11) is 1.05. The molecule has 0 radical (unpaired) electrons. The standard InChI is InChI=1S/C13H8F5IN2O3/c1-24-5-20-9(13(16,17)18)4-10(22)21(12(20)23)6-2-7(14)11(19)8(15)3-6/h2-4H,5H2,1H3. The molecule has 0 aliphatic heterocycles. The van der Waals surface area contributed by atoms with Gasteiger partial charge in [0.25, 0.3) is 5.56 Å². The van der Waals surface area contributed by atoms with Crippen LogP contribution in [0.1, 0.15) is 5.69 Å². The van der Waals surface area contributed by atoms with Crippen LogP contribution in [-0.2, 0) is 17.6 Å². The SMILES string of the molecule is COCn1c(C(F)(F)F)cc(=O)n(-c2cc(F)c(I)c(F)c2)c1=O. The number of nitrogens with zero attached hydrogens (tertiary/aromatic N) is 2. The molecule has 1 aromatic carbocycles. The summed E-state index contributed by atoms with van der Waals surface area (Å²) in [6.07, 6.45) is -4.99. The van der Waals surface area contributed by atoms with Gasteiger partial charge in [0.05, 0.1) is 9.26 Å². The fraction of sp³-hybridized carbons (Fsp3) is 0.231. The predicted octanol–water partition coefficient (Wildman–Crippen LogP) is 2.50. The highest BCUT2D eigenvalue weighted by Gasteiger charge is 2.36. The van der Waals surface area contributed by atoms with Gasteiger partial charge in [0.15, 0.2) is 0 Å². The third-order valence-electron chi connectivity index (χ3n) is 2.97. The van der Waals surface area contributed by atoms with Crippen molar-refractivity contribution >= 4 is 22.6 Å². The van der Waals surface area contributed by atoms with Crippen molar-refractivity contribution in [2.45, 2.75) is 12.9 Å². The van der Waals surface area contributed by atoms with Crippen LogP contribution in [0, 0.1) is 15.2 Å². The molecule has 0 bridgehead atoms. The molecule has 0 aliphatic carbocycles. The van der Waals surface area contributed by atoms with Gasteiger partial charge < -0.3 is 4.74 Å². The van der Waals surface area contributed by atoms with E-state index in [2.05, 4.69) is 4.74 Å². The molecule has 0 fully saturated rings. The van der Waals surface area contributed by atoms with E-state index in [0.717, 1.165) is 7.11 Å². The van der Waals surface area contributed by atoms with E-state index in [-0.39, 0.29) is 18.8 Å². The zero-order valence-corrected chi connectivity index (χ0v) is 14.0. The van der Waals surface area contributed by atoms with Gasteiger partial charge in [-0.15, -0.1) is 0 Å². The summed E-state index contributed by atoms with van der Waals surface area (Å²) in [5.41, 5.74) is -4.86. The monoisotopic (exact) mass is 462 g/mol. The van der Waals surface area contributed by atoms with E-state index < -0.39 is 47.2 Å². The molecule has 0 saturated carbocycles. The molecule has 1 heterocycles. The lowest BCUT2D eigenvalue weighted by Gasteiger charge is -2.16. The van der Waals surface area contributed by atoms with E-state index in [0.29, 0.717) is 12.1 Å². The van der Waals surface area contributed by atoms with Gasteiger partial charge in [-0.25, -0.2) is 18.1 Å². The number of alkyl halides is 3. The second-order valence-corrected chi connectivity index (χ2v) is 5.63. The van der Waals surface area contributed by atoms with Crippen LogP contribution >= 0.6 is 22.6 Å². The average molecular weight is 462 g/mol. The van der Waals surface area contributed by atoms with Crippen LogP contribution in [0.15, 0.2) is 27.8 Å². The predicted molar refractivity (Wildman–Crippen MR) is 80.9 cm³/mol. The first-order valence-corrected chi connectivity index (χ1v) is 7.23. The quantitative estimate of drug-likeness (QED) is 0.401. The molecule has 130 valence electrons. The van der Waals surface area contributed by atoms with Gasteiger partial charge in [0.2, 0.25) is 0 Å². The Balaban J connectivity index is 2.85. The Bertz CT molecular complexity index is 881. The summed E-state index contributed by atoms with van der Waals surface area (Å²) >= 11 is 1.37. The molecule has 11 heteroatoms. The minimum absolute atomic E-state index is 0.148. The number of hydrogen-bond donors (Lipinski definition) is 0. The summed E-state index contributed by atoms with van der Waals surface area (Å²) < 4.78 is 70.7. The Kier molecular flexibility index (Phi) is 5.13. The van der Waals surface area contributed by atoms with Gasteiger partial charge in [-0.3, -0.25) is 9.36 Å². The van der Waals surface area contributed by atoms with E-state index in [4.69, 9.17) is 0 Å². The van der Waals surface area contributed by atoms with Crippen LogP contribution in [0.2, 0.25) is 0 Å². The van der Waals surface area contributed by atoms with Crippen LogP contribution in [0.25, 0.3) is 5.69 Å². The van der Waals surface area contributed by atoms with E-state index >= 15 is 0 Å². The second kappa shape index (κ2) is 6.63. The Hall–Kier alpha value is -1.76. The lowest BCUT2D eigenvalue weighted by Crippen LogP contribution is -2.42. The molecule has 2 aromatic rings. The first-order valence-electron chi connectivity index (χ1n) is 6.16. The normalized spacial score (nSPS) is 11.8. The molecule has 2 rings (SSSR count). The zero-order valence-electron chi connectivity index (χ0n) is 11.8. The summed E-state index contributed by atoms with van der Waals surface area (Å²) in [4.78, 5) is 24.2. The van der Waals surface area contributed by atoms with Crippen LogP contribution in [0.4, 0.5) is 22.0 Å². The smallest absolute Gasteiger partial charge is 0.364 e. The van der Waals surface area contributed by atoms with Gasteiger partial charge in [-0.1, -0.05) is 0 Å². The molecular formula is C13H8F5IN2O3. The number of ether oxygens (including phenoxy) is 1. The minimum Gasteiger partial charge on any atom is -0.364 e. The number of aromatic nitrogens is 2. The first-order chi connectivity index (χ1) is 11.1. The highest BCUT2D eigenvalue weighted by Crippen LogP contribution is 2.27. The molecule has 0 atom stereocenters. The molecule has 1 aromatic heterocycles. The van der Waals surface area contributed by atoms with E-state index in [1.54, 1.807) is 0 Å². The molecule has 0 aliphatic rings. The summed E-state index contributed by atoms with van der Waals surface area (Å²) in [5, 5.41) is 0. The summed E-state index contributed by atoms with van der Waals surface area (Å²) in [6, 6.07) is 1.52. The Morgan fingerprint density at radius 3 is 2.12 bits per heavy atom. The lowest BCUT2D eigenvalue weighted by atomic mass is 10.3. The topological polar surface area (TPSA) is 53.2 Å². The maximum absolute atomic E-state index is 13.6. The molecule has 0 N–H and O–H groups in total. The fourth-order valence-corrected chi connectivity index (χ4v) is 2.29. The van der Waals surface area contributed by atoms with Crippen LogP contribution in [0.5, 0.6) is 0 Å². The molecule has 0 spiro atoms. The summed E-state index contributed by atoms with van der Waals surface area (Å²) in [5.74, 6) is -2.12. The fourth-order valence-electron chi connectivity index (χ4n) is 1.98. The van der Waals surface area contributed by atoms with Gasteiger partial charge in [0, 0.05) is 13.2 Å². The molecule has 0 amide bonds. The Morgan fingerprint density at radius 1 is 1.12 bits per heavy atom.